The van der Waals surface area contributed by atoms with Gasteiger partial charge in [-0.05, 0) is 31.0 Å². The lowest BCUT2D eigenvalue weighted by molar-refractivity contribution is 0.600. The first-order valence-corrected chi connectivity index (χ1v) is 11.7. The Labute approximate surface area is 183 Å². The van der Waals surface area contributed by atoms with Crippen molar-refractivity contribution in [2.24, 2.45) is 5.73 Å². The molecule has 0 bridgehead atoms. The number of likely N-dealkylation sites (N-methyl/N-ethyl adjacent to an activating group) is 1. The molecule has 0 saturated heterocycles. The van der Waals surface area contributed by atoms with Crippen molar-refractivity contribution in [1.82, 2.24) is 19.6 Å². The first kappa shape index (κ1) is 21.2. The monoisotopic (exact) mass is 439 g/mol. The summed E-state index contributed by atoms with van der Waals surface area (Å²) < 4.78 is 13.5. The van der Waals surface area contributed by atoms with Crippen molar-refractivity contribution in [2.45, 2.75) is 24.6 Å². The molecule has 31 heavy (non-hydrogen) atoms. The van der Waals surface area contributed by atoms with Crippen molar-refractivity contribution in [3.8, 4) is 6.07 Å². The summed E-state index contributed by atoms with van der Waals surface area (Å²) in [4.78, 5) is 11.1. The third kappa shape index (κ3) is 4.82. The number of fused-ring (bicyclic) bond motifs is 1. The van der Waals surface area contributed by atoms with Crippen molar-refractivity contribution in [3.05, 3.63) is 35.5 Å². The zero-order valence-corrected chi connectivity index (χ0v) is 18.3. The maximum atomic E-state index is 11.9. The van der Waals surface area contributed by atoms with Gasteiger partial charge in [-0.2, -0.15) is 24.8 Å². The Morgan fingerprint density at radius 3 is 2.87 bits per heavy atom. The number of nitrogens with one attached hydrogen (secondary N) is 2. The summed E-state index contributed by atoms with van der Waals surface area (Å²) in [6, 6.07) is 8.34. The van der Waals surface area contributed by atoms with Crippen LogP contribution < -0.4 is 21.3 Å². The first-order valence-electron chi connectivity index (χ1n) is 10.0. The minimum Gasteiger partial charge on any atom is -0.616 e. The Kier molecular flexibility index (Phi) is 6.13. The Balaban J connectivity index is 1.68. The molecule has 2 aromatic heterocycles. The molecule has 4 N–H and O–H groups in total. The van der Waals surface area contributed by atoms with Gasteiger partial charge in [0.2, 0.25) is 11.9 Å². The molecule has 162 valence electrons. The second kappa shape index (κ2) is 8.97. The standard InChI is InChI=1S/C20H25N9OS/c1-28(8-7-21)17-6-5-16(9-13(17)12-31(2)30)24-19-26-18-14(10-22)11-23-29(18)20(27-19)25-15-3-4-15/h5-6,9,11,15H,3-4,7-8,12,21H2,1-2H3,(H2,24,25,26,27). The Morgan fingerprint density at radius 2 is 2.19 bits per heavy atom. The van der Waals surface area contributed by atoms with E-state index in [0.717, 1.165) is 29.8 Å². The van der Waals surface area contributed by atoms with Crippen LogP contribution in [0.2, 0.25) is 0 Å². The molecule has 11 heteroatoms. The van der Waals surface area contributed by atoms with Crippen LogP contribution in [0.1, 0.15) is 24.0 Å². The fraction of sp³-hybridized carbons (Fsp3) is 0.400. The van der Waals surface area contributed by atoms with Crippen molar-refractivity contribution in [2.75, 3.05) is 41.9 Å². The highest BCUT2D eigenvalue weighted by atomic mass is 32.2. The van der Waals surface area contributed by atoms with Crippen LogP contribution in [0.4, 0.5) is 23.3 Å². The van der Waals surface area contributed by atoms with Crippen LogP contribution in [0, 0.1) is 11.3 Å². The molecule has 4 rings (SSSR count). The van der Waals surface area contributed by atoms with E-state index in [1.807, 2.05) is 25.2 Å². The molecule has 1 aromatic carbocycles. The third-order valence-corrected chi connectivity index (χ3v) is 5.69. The molecule has 0 aliphatic heterocycles. The molecule has 0 radical (unpaired) electrons. The second-order valence-electron chi connectivity index (χ2n) is 7.59. The average Bonchev–Trinajstić information content (AvgIpc) is 3.44. The molecule has 1 fully saturated rings. The minimum absolute atomic E-state index is 0.360. The lowest BCUT2D eigenvalue weighted by atomic mass is 10.1. The molecule has 1 unspecified atom stereocenters. The number of aromatic nitrogens is 4. The summed E-state index contributed by atoms with van der Waals surface area (Å²) >= 11 is -0.998. The first-order chi connectivity index (χ1) is 15.0. The zero-order valence-electron chi connectivity index (χ0n) is 17.5. The van der Waals surface area contributed by atoms with Crippen LogP contribution in [-0.4, -0.2) is 56.6 Å². The highest BCUT2D eigenvalue weighted by Gasteiger charge is 2.24. The Hall–Kier alpha value is -3.07. The maximum absolute atomic E-state index is 11.9. The van der Waals surface area contributed by atoms with E-state index in [1.54, 1.807) is 10.8 Å². The quantitative estimate of drug-likeness (QED) is 0.423. The van der Waals surface area contributed by atoms with Gasteiger partial charge in [-0.25, -0.2) is 0 Å². The molecule has 1 atom stereocenters. The van der Waals surface area contributed by atoms with Gasteiger partial charge in [-0.3, -0.25) is 0 Å². The second-order valence-corrected chi connectivity index (χ2v) is 9.03. The highest BCUT2D eigenvalue weighted by Crippen LogP contribution is 2.28. The van der Waals surface area contributed by atoms with Gasteiger partial charge in [0.15, 0.2) is 5.65 Å². The lowest BCUT2D eigenvalue weighted by Crippen LogP contribution is -2.26. The molecule has 0 spiro atoms. The normalized spacial score (nSPS) is 14.3. The molecular formula is C20H25N9OS. The fourth-order valence-corrected chi connectivity index (χ4v) is 4.00. The fourth-order valence-electron chi connectivity index (χ4n) is 3.33. The van der Waals surface area contributed by atoms with E-state index in [2.05, 4.69) is 36.7 Å². The summed E-state index contributed by atoms with van der Waals surface area (Å²) in [6.45, 7) is 1.23. The van der Waals surface area contributed by atoms with Gasteiger partial charge in [0.25, 0.3) is 0 Å². The van der Waals surface area contributed by atoms with Gasteiger partial charge in [0.1, 0.15) is 17.4 Å². The van der Waals surface area contributed by atoms with E-state index in [1.165, 1.54) is 6.20 Å². The Bertz CT molecular complexity index is 1120. The number of hydrogen-bond acceptors (Lipinski definition) is 9. The Morgan fingerprint density at radius 1 is 1.39 bits per heavy atom. The van der Waals surface area contributed by atoms with Crippen LogP contribution in [0.15, 0.2) is 24.4 Å². The smallest absolute Gasteiger partial charge is 0.232 e. The molecule has 3 aromatic rings. The van der Waals surface area contributed by atoms with Gasteiger partial charge in [-0.15, -0.1) is 0 Å². The molecule has 1 aliphatic rings. The number of rotatable bonds is 9. The lowest BCUT2D eigenvalue weighted by Gasteiger charge is -2.22. The maximum Gasteiger partial charge on any atom is 0.232 e. The van der Waals surface area contributed by atoms with E-state index in [-0.39, 0.29) is 0 Å². The average molecular weight is 440 g/mol. The number of hydrogen-bond donors (Lipinski definition) is 3. The summed E-state index contributed by atoms with van der Waals surface area (Å²) in [5, 5.41) is 20.2. The topological polar surface area (TPSA) is 143 Å². The largest absolute Gasteiger partial charge is 0.616 e. The number of anilines is 4. The summed E-state index contributed by atoms with van der Waals surface area (Å²) in [6.07, 6.45) is 5.33. The van der Waals surface area contributed by atoms with Gasteiger partial charge >= 0.3 is 0 Å². The molecular weight excluding hydrogens is 414 g/mol. The van der Waals surface area contributed by atoms with E-state index in [9.17, 15) is 9.81 Å². The van der Waals surface area contributed by atoms with Crippen LogP contribution in [0.25, 0.3) is 5.65 Å². The number of nitrogens with two attached hydrogens (primary N) is 1. The molecule has 0 amide bonds. The zero-order chi connectivity index (χ0) is 22.0. The third-order valence-electron chi connectivity index (χ3n) is 4.97. The van der Waals surface area contributed by atoms with Crippen molar-refractivity contribution in [1.29, 1.82) is 5.26 Å². The van der Waals surface area contributed by atoms with Crippen molar-refractivity contribution in [3.63, 3.8) is 0 Å². The van der Waals surface area contributed by atoms with E-state index in [0.29, 0.717) is 48.0 Å². The molecule has 1 saturated carbocycles. The van der Waals surface area contributed by atoms with Crippen LogP contribution >= 0.6 is 0 Å². The number of benzene rings is 1. The van der Waals surface area contributed by atoms with E-state index in [4.69, 9.17) is 5.73 Å². The highest BCUT2D eigenvalue weighted by molar-refractivity contribution is 7.89. The van der Waals surface area contributed by atoms with Crippen LogP contribution in [0.5, 0.6) is 0 Å². The predicted molar refractivity (Wildman–Crippen MR) is 122 cm³/mol. The van der Waals surface area contributed by atoms with Crippen molar-refractivity contribution >= 4 is 40.1 Å². The molecule has 2 heterocycles. The van der Waals surface area contributed by atoms with Crippen molar-refractivity contribution < 1.29 is 4.55 Å². The van der Waals surface area contributed by atoms with E-state index >= 15 is 0 Å². The summed E-state index contributed by atoms with van der Waals surface area (Å²) in [5.41, 5.74) is 9.22. The minimum atomic E-state index is -0.998. The van der Waals surface area contributed by atoms with Gasteiger partial charge < -0.3 is 25.8 Å². The predicted octanol–water partition coefficient (Wildman–Crippen LogP) is 1.59. The van der Waals surface area contributed by atoms with Gasteiger partial charge in [0, 0.05) is 43.1 Å². The van der Waals surface area contributed by atoms with E-state index < -0.39 is 11.2 Å². The van der Waals surface area contributed by atoms with Gasteiger partial charge in [-0.1, -0.05) is 11.2 Å². The number of nitriles is 1. The van der Waals surface area contributed by atoms with Crippen LogP contribution in [0.3, 0.4) is 0 Å². The van der Waals surface area contributed by atoms with Crippen LogP contribution in [-0.2, 0) is 16.9 Å². The van der Waals surface area contributed by atoms with Gasteiger partial charge in [0.05, 0.1) is 12.5 Å². The SMILES string of the molecule is CN(CCN)c1ccc(Nc2nc(NC3CC3)n3ncc(C#N)c3n2)cc1C[S+](C)[O-]. The molecule has 10 nitrogen and oxygen atoms in total. The number of nitrogens with zero attached hydrogens (tertiary/aromatic N) is 6. The summed E-state index contributed by atoms with van der Waals surface area (Å²) in [7, 11) is 1.97. The summed E-state index contributed by atoms with van der Waals surface area (Å²) in [5.74, 6) is 1.33. The molecule has 1 aliphatic carbocycles.